The first-order valence-corrected chi connectivity index (χ1v) is 6.99. The zero-order valence-electron chi connectivity index (χ0n) is 10.8. The number of benzene rings is 1. The van der Waals surface area contributed by atoms with Crippen molar-refractivity contribution in [2.45, 2.75) is 18.9 Å². The van der Waals surface area contributed by atoms with Gasteiger partial charge in [0.2, 0.25) is 0 Å². The number of anilines is 1. The number of nitrogens with one attached hydrogen (secondary N) is 1. The molecule has 0 spiro atoms. The number of halogens is 1. The molecular weight excluding hydrogens is 304 g/mol. The summed E-state index contributed by atoms with van der Waals surface area (Å²) >= 11 is 3.38. The number of hydrogen-bond acceptors (Lipinski definition) is 3. The van der Waals surface area contributed by atoms with Crippen LogP contribution in [-0.2, 0) is 5.60 Å². The lowest BCUT2D eigenvalue weighted by atomic mass is 9.93. The van der Waals surface area contributed by atoms with Crippen LogP contribution in [0.1, 0.15) is 18.9 Å². The summed E-state index contributed by atoms with van der Waals surface area (Å²) in [6.07, 6.45) is 4.14. The van der Waals surface area contributed by atoms with Crippen LogP contribution in [0.4, 0.5) is 5.69 Å². The number of rotatable bonds is 5. The Bertz CT molecular complexity index is 529. The second-order valence-corrected chi connectivity index (χ2v) is 5.62. The third-order valence-electron chi connectivity index (χ3n) is 3.04. The third kappa shape index (κ3) is 4.04. The largest absolute Gasteiger partial charge is 0.385 e. The van der Waals surface area contributed by atoms with Crippen LogP contribution in [0, 0.1) is 0 Å². The molecular formula is C15H17BrN2O. The van der Waals surface area contributed by atoms with Gasteiger partial charge >= 0.3 is 0 Å². The zero-order chi connectivity index (χ0) is 13.7. The van der Waals surface area contributed by atoms with Gasteiger partial charge in [-0.05, 0) is 40.9 Å². The van der Waals surface area contributed by atoms with Crippen LogP contribution >= 0.6 is 15.9 Å². The van der Waals surface area contributed by atoms with Crippen LogP contribution < -0.4 is 5.32 Å². The van der Waals surface area contributed by atoms with Crippen molar-refractivity contribution in [2.24, 2.45) is 0 Å². The van der Waals surface area contributed by atoms with Gasteiger partial charge in [0, 0.05) is 17.2 Å². The fraction of sp³-hybridized carbons (Fsp3) is 0.267. The van der Waals surface area contributed by atoms with Gasteiger partial charge in [-0.1, -0.05) is 30.3 Å². The van der Waals surface area contributed by atoms with E-state index in [1.54, 1.807) is 12.4 Å². The first-order valence-electron chi connectivity index (χ1n) is 6.20. The van der Waals surface area contributed by atoms with Gasteiger partial charge in [-0.2, -0.15) is 0 Å². The Hall–Kier alpha value is -1.39. The van der Waals surface area contributed by atoms with Crippen molar-refractivity contribution in [1.29, 1.82) is 0 Å². The quantitative estimate of drug-likeness (QED) is 0.885. The molecule has 2 N–H and O–H groups in total. The molecule has 0 bridgehead atoms. The van der Waals surface area contributed by atoms with Gasteiger partial charge in [0.05, 0.1) is 17.5 Å². The van der Waals surface area contributed by atoms with Crippen molar-refractivity contribution < 1.29 is 5.11 Å². The summed E-state index contributed by atoms with van der Waals surface area (Å²) in [5.41, 5.74) is 1.05. The van der Waals surface area contributed by atoms with Gasteiger partial charge in [0.25, 0.3) is 0 Å². The molecule has 1 unspecified atom stereocenters. The molecule has 0 fully saturated rings. The van der Waals surface area contributed by atoms with E-state index in [0.29, 0.717) is 13.0 Å². The van der Waals surface area contributed by atoms with Crippen LogP contribution in [0.25, 0.3) is 0 Å². The molecule has 0 radical (unpaired) electrons. The Morgan fingerprint density at radius 3 is 2.68 bits per heavy atom. The van der Waals surface area contributed by atoms with Crippen molar-refractivity contribution in [3.8, 4) is 0 Å². The molecule has 3 nitrogen and oxygen atoms in total. The molecule has 100 valence electrons. The van der Waals surface area contributed by atoms with E-state index >= 15 is 0 Å². The van der Waals surface area contributed by atoms with Gasteiger partial charge in [-0.25, -0.2) is 0 Å². The van der Waals surface area contributed by atoms with Gasteiger partial charge in [-0.15, -0.1) is 0 Å². The van der Waals surface area contributed by atoms with E-state index < -0.39 is 5.60 Å². The predicted octanol–water partition coefficient (Wildman–Crippen LogP) is 3.55. The third-order valence-corrected chi connectivity index (χ3v) is 3.48. The molecule has 0 saturated heterocycles. The molecule has 1 aromatic heterocycles. The SMILES string of the molecule is CC(O)(CCNc1cncc(Br)c1)c1ccccc1. The monoisotopic (exact) mass is 320 g/mol. The van der Waals surface area contributed by atoms with E-state index in [1.165, 1.54) is 0 Å². The highest BCUT2D eigenvalue weighted by Gasteiger charge is 2.21. The lowest BCUT2D eigenvalue weighted by Crippen LogP contribution is -2.24. The minimum atomic E-state index is -0.826. The van der Waals surface area contributed by atoms with Crippen LogP contribution in [-0.4, -0.2) is 16.6 Å². The Labute approximate surface area is 121 Å². The number of nitrogens with zero attached hydrogens (tertiary/aromatic N) is 1. The zero-order valence-corrected chi connectivity index (χ0v) is 12.4. The summed E-state index contributed by atoms with van der Waals surface area (Å²) in [4.78, 5) is 4.09. The molecule has 2 rings (SSSR count). The highest BCUT2D eigenvalue weighted by Crippen LogP contribution is 2.24. The molecule has 4 heteroatoms. The Balaban J connectivity index is 1.92. The molecule has 1 atom stereocenters. The van der Waals surface area contributed by atoms with Gasteiger partial charge in [-0.3, -0.25) is 4.98 Å². The molecule has 2 aromatic rings. The van der Waals surface area contributed by atoms with E-state index in [0.717, 1.165) is 15.7 Å². The maximum Gasteiger partial charge on any atom is 0.0885 e. The lowest BCUT2D eigenvalue weighted by Gasteiger charge is -2.24. The predicted molar refractivity (Wildman–Crippen MR) is 81.1 cm³/mol. The average Bonchev–Trinajstić information content (AvgIpc) is 2.40. The number of aromatic nitrogens is 1. The maximum absolute atomic E-state index is 10.5. The highest BCUT2D eigenvalue weighted by molar-refractivity contribution is 9.10. The van der Waals surface area contributed by atoms with Crippen molar-refractivity contribution in [2.75, 3.05) is 11.9 Å². The first-order chi connectivity index (χ1) is 9.08. The van der Waals surface area contributed by atoms with E-state index in [4.69, 9.17) is 0 Å². The van der Waals surface area contributed by atoms with E-state index in [1.807, 2.05) is 43.3 Å². The number of aliphatic hydroxyl groups is 1. The maximum atomic E-state index is 10.5. The average molecular weight is 321 g/mol. The second kappa shape index (κ2) is 6.17. The summed E-state index contributed by atoms with van der Waals surface area (Å²) in [6.45, 7) is 2.52. The molecule has 0 amide bonds. The standard InChI is InChI=1S/C15H17BrN2O/c1-15(19,12-5-3-2-4-6-12)7-8-18-14-9-13(16)10-17-11-14/h2-6,9-11,18-19H,7-8H2,1H3. The van der Waals surface area contributed by atoms with Gasteiger partial charge in [0.1, 0.15) is 0 Å². The minimum absolute atomic E-state index is 0.628. The summed E-state index contributed by atoms with van der Waals surface area (Å²) in [5.74, 6) is 0. The van der Waals surface area contributed by atoms with Gasteiger partial charge in [0.15, 0.2) is 0 Å². The summed E-state index contributed by atoms with van der Waals surface area (Å²) in [6, 6.07) is 11.7. The summed E-state index contributed by atoms with van der Waals surface area (Å²) < 4.78 is 0.937. The molecule has 0 aliphatic rings. The molecule has 0 aliphatic carbocycles. The second-order valence-electron chi connectivity index (χ2n) is 4.71. The molecule has 0 saturated carbocycles. The summed E-state index contributed by atoms with van der Waals surface area (Å²) in [5, 5.41) is 13.7. The highest BCUT2D eigenvalue weighted by atomic mass is 79.9. The van der Waals surface area contributed by atoms with E-state index in [-0.39, 0.29) is 0 Å². The number of pyridine rings is 1. The smallest absolute Gasteiger partial charge is 0.0885 e. The molecule has 1 aromatic carbocycles. The number of hydrogen-bond donors (Lipinski definition) is 2. The topological polar surface area (TPSA) is 45.1 Å². The molecule has 0 aliphatic heterocycles. The fourth-order valence-electron chi connectivity index (χ4n) is 1.90. The fourth-order valence-corrected chi connectivity index (χ4v) is 2.27. The van der Waals surface area contributed by atoms with Crippen LogP contribution in [0.2, 0.25) is 0 Å². The van der Waals surface area contributed by atoms with Crippen molar-refractivity contribution in [1.82, 2.24) is 4.98 Å². The van der Waals surface area contributed by atoms with Crippen molar-refractivity contribution in [3.05, 3.63) is 58.8 Å². The molecule has 1 heterocycles. The minimum Gasteiger partial charge on any atom is -0.385 e. The van der Waals surface area contributed by atoms with Crippen LogP contribution in [0.5, 0.6) is 0 Å². The Morgan fingerprint density at radius 1 is 1.26 bits per heavy atom. The summed E-state index contributed by atoms with van der Waals surface area (Å²) in [7, 11) is 0. The Morgan fingerprint density at radius 2 is 2.00 bits per heavy atom. The first kappa shape index (κ1) is 14.0. The normalized spacial score (nSPS) is 13.8. The Kier molecular flexibility index (Phi) is 4.56. The lowest BCUT2D eigenvalue weighted by molar-refractivity contribution is 0.0515. The van der Waals surface area contributed by atoms with Crippen molar-refractivity contribution in [3.63, 3.8) is 0 Å². The van der Waals surface area contributed by atoms with E-state index in [2.05, 4.69) is 26.2 Å². The van der Waals surface area contributed by atoms with Gasteiger partial charge < -0.3 is 10.4 Å². The van der Waals surface area contributed by atoms with Crippen LogP contribution in [0.15, 0.2) is 53.3 Å². The molecule has 19 heavy (non-hydrogen) atoms. The van der Waals surface area contributed by atoms with Crippen LogP contribution in [0.3, 0.4) is 0 Å². The van der Waals surface area contributed by atoms with Crippen molar-refractivity contribution >= 4 is 21.6 Å². The van der Waals surface area contributed by atoms with E-state index in [9.17, 15) is 5.11 Å².